The average Bonchev–Trinajstić information content (AvgIpc) is 2.75. The molecule has 3 unspecified atom stereocenters. The Labute approximate surface area is 128 Å². The van der Waals surface area contributed by atoms with Crippen molar-refractivity contribution >= 4 is 0 Å². The predicted octanol–water partition coefficient (Wildman–Crippen LogP) is 4.12. The number of hydrogen-bond donors (Lipinski definition) is 1. The summed E-state index contributed by atoms with van der Waals surface area (Å²) in [7, 11) is 0. The largest absolute Gasteiger partial charge is 0.326 e. The van der Waals surface area contributed by atoms with Gasteiger partial charge < -0.3 is 5.73 Å². The topological polar surface area (TPSA) is 29.3 Å². The van der Waals surface area contributed by atoms with Crippen molar-refractivity contribution in [3.05, 3.63) is 35.6 Å². The first-order valence-corrected chi connectivity index (χ1v) is 8.41. The smallest absolute Gasteiger partial charge is 0.128 e. The standard InChI is InChI=1S/C18H29FN2/c1-3-14-8-7-12-21(13-11-14)18(17(20)4-2)15-9-5-6-10-16(15)19/h5-6,9-10,14,17-18H,3-4,7-8,11-13,20H2,1-2H3. The van der Waals surface area contributed by atoms with E-state index in [2.05, 4.69) is 18.7 Å². The fourth-order valence-corrected chi connectivity index (χ4v) is 3.51. The molecule has 1 saturated heterocycles. The molecule has 0 aromatic heterocycles. The van der Waals surface area contributed by atoms with E-state index in [1.54, 1.807) is 12.1 Å². The van der Waals surface area contributed by atoms with Gasteiger partial charge in [0.2, 0.25) is 0 Å². The van der Waals surface area contributed by atoms with Crippen molar-refractivity contribution in [2.45, 2.75) is 58.0 Å². The van der Waals surface area contributed by atoms with E-state index in [-0.39, 0.29) is 17.9 Å². The molecule has 118 valence electrons. The van der Waals surface area contributed by atoms with Crippen molar-refractivity contribution in [2.75, 3.05) is 13.1 Å². The molecule has 2 nitrogen and oxygen atoms in total. The summed E-state index contributed by atoms with van der Waals surface area (Å²) >= 11 is 0. The third-order valence-corrected chi connectivity index (χ3v) is 4.95. The van der Waals surface area contributed by atoms with Gasteiger partial charge in [0.1, 0.15) is 5.82 Å². The van der Waals surface area contributed by atoms with E-state index >= 15 is 0 Å². The van der Waals surface area contributed by atoms with Crippen molar-refractivity contribution in [3.8, 4) is 0 Å². The quantitative estimate of drug-likeness (QED) is 0.884. The van der Waals surface area contributed by atoms with Crippen LogP contribution < -0.4 is 5.73 Å². The summed E-state index contributed by atoms with van der Waals surface area (Å²) < 4.78 is 14.3. The molecule has 1 aromatic rings. The lowest BCUT2D eigenvalue weighted by molar-refractivity contribution is 0.169. The molecular weight excluding hydrogens is 263 g/mol. The van der Waals surface area contributed by atoms with E-state index in [4.69, 9.17) is 5.73 Å². The van der Waals surface area contributed by atoms with Crippen LogP contribution in [-0.2, 0) is 0 Å². The second-order valence-electron chi connectivity index (χ2n) is 6.28. The molecule has 1 fully saturated rings. The van der Waals surface area contributed by atoms with Crippen LogP contribution in [0.3, 0.4) is 0 Å². The molecule has 3 heteroatoms. The zero-order valence-electron chi connectivity index (χ0n) is 13.4. The molecular formula is C18H29FN2. The number of benzene rings is 1. The van der Waals surface area contributed by atoms with Crippen LogP contribution in [-0.4, -0.2) is 24.0 Å². The van der Waals surface area contributed by atoms with E-state index < -0.39 is 0 Å². The van der Waals surface area contributed by atoms with Gasteiger partial charge >= 0.3 is 0 Å². The number of nitrogens with two attached hydrogens (primary N) is 1. The van der Waals surface area contributed by atoms with Crippen LogP contribution in [0.2, 0.25) is 0 Å². The molecule has 0 radical (unpaired) electrons. The molecule has 2 rings (SSSR count). The normalized spacial score (nSPS) is 23.5. The Morgan fingerprint density at radius 1 is 1.24 bits per heavy atom. The summed E-state index contributed by atoms with van der Waals surface area (Å²) in [5.74, 6) is 0.691. The number of rotatable bonds is 5. The monoisotopic (exact) mass is 292 g/mol. The van der Waals surface area contributed by atoms with E-state index in [0.717, 1.165) is 31.0 Å². The van der Waals surface area contributed by atoms with Crippen molar-refractivity contribution in [2.24, 2.45) is 11.7 Å². The van der Waals surface area contributed by atoms with Crippen LogP contribution in [0.1, 0.15) is 57.6 Å². The highest BCUT2D eigenvalue weighted by atomic mass is 19.1. The Balaban J connectivity index is 2.22. The maximum Gasteiger partial charge on any atom is 0.128 e. The third kappa shape index (κ3) is 4.04. The van der Waals surface area contributed by atoms with Crippen LogP contribution in [0.4, 0.5) is 4.39 Å². The predicted molar refractivity (Wildman–Crippen MR) is 86.6 cm³/mol. The molecule has 21 heavy (non-hydrogen) atoms. The highest BCUT2D eigenvalue weighted by Crippen LogP contribution is 2.31. The highest BCUT2D eigenvalue weighted by molar-refractivity contribution is 5.23. The lowest BCUT2D eigenvalue weighted by Crippen LogP contribution is -2.42. The third-order valence-electron chi connectivity index (χ3n) is 4.95. The Kier molecular flexibility index (Phi) is 6.19. The molecule has 3 atom stereocenters. The van der Waals surface area contributed by atoms with Gasteiger partial charge in [-0.05, 0) is 50.8 Å². The first-order chi connectivity index (χ1) is 10.2. The fourth-order valence-electron chi connectivity index (χ4n) is 3.51. The minimum atomic E-state index is -0.123. The zero-order chi connectivity index (χ0) is 15.2. The van der Waals surface area contributed by atoms with Crippen LogP contribution in [0.15, 0.2) is 24.3 Å². The van der Waals surface area contributed by atoms with Gasteiger partial charge in [-0.3, -0.25) is 4.90 Å². The minimum Gasteiger partial charge on any atom is -0.326 e. The van der Waals surface area contributed by atoms with E-state index in [9.17, 15) is 4.39 Å². The Hall–Kier alpha value is -0.930. The second kappa shape index (κ2) is 7.90. The van der Waals surface area contributed by atoms with Crippen molar-refractivity contribution < 1.29 is 4.39 Å². The molecule has 0 spiro atoms. The second-order valence-corrected chi connectivity index (χ2v) is 6.28. The first-order valence-electron chi connectivity index (χ1n) is 8.41. The molecule has 0 bridgehead atoms. The maximum absolute atomic E-state index is 14.3. The average molecular weight is 292 g/mol. The van der Waals surface area contributed by atoms with Crippen molar-refractivity contribution in [1.82, 2.24) is 4.90 Å². The van der Waals surface area contributed by atoms with Gasteiger partial charge in [-0.25, -0.2) is 4.39 Å². The Morgan fingerprint density at radius 2 is 2.00 bits per heavy atom. The fraction of sp³-hybridized carbons (Fsp3) is 0.667. The minimum absolute atomic E-state index is 0.00630. The van der Waals surface area contributed by atoms with Gasteiger partial charge in [0.25, 0.3) is 0 Å². The SMILES string of the molecule is CCC1CCCN(C(c2ccccc2F)C(N)CC)CC1. The van der Waals surface area contributed by atoms with Crippen LogP contribution >= 0.6 is 0 Å². The molecule has 2 N–H and O–H groups in total. The molecule has 0 saturated carbocycles. The first kappa shape index (κ1) is 16.4. The van der Waals surface area contributed by atoms with Gasteiger partial charge in [0.15, 0.2) is 0 Å². The van der Waals surface area contributed by atoms with Gasteiger partial charge in [0.05, 0.1) is 6.04 Å². The summed E-state index contributed by atoms with van der Waals surface area (Å²) in [6, 6.07) is 7.12. The Morgan fingerprint density at radius 3 is 2.67 bits per heavy atom. The lowest BCUT2D eigenvalue weighted by atomic mass is 9.95. The summed E-state index contributed by atoms with van der Waals surface area (Å²) in [6.45, 7) is 6.42. The molecule has 1 heterocycles. The maximum atomic E-state index is 14.3. The molecule has 1 aromatic carbocycles. The van der Waals surface area contributed by atoms with Crippen LogP contribution in [0.5, 0.6) is 0 Å². The van der Waals surface area contributed by atoms with Gasteiger partial charge in [-0.1, -0.05) is 38.5 Å². The highest BCUT2D eigenvalue weighted by Gasteiger charge is 2.29. The summed E-state index contributed by atoms with van der Waals surface area (Å²) in [6.07, 6.45) is 5.81. The van der Waals surface area contributed by atoms with Crippen LogP contribution in [0.25, 0.3) is 0 Å². The number of likely N-dealkylation sites (tertiary alicyclic amines) is 1. The molecule has 0 amide bonds. The van der Waals surface area contributed by atoms with Gasteiger partial charge in [-0.2, -0.15) is 0 Å². The number of hydrogen-bond acceptors (Lipinski definition) is 2. The van der Waals surface area contributed by atoms with E-state index in [0.29, 0.717) is 0 Å². The zero-order valence-corrected chi connectivity index (χ0v) is 13.4. The number of nitrogens with zero attached hydrogens (tertiary/aromatic N) is 1. The van der Waals surface area contributed by atoms with Crippen molar-refractivity contribution in [1.29, 1.82) is 0 Å². The lowest BCUT2D eigenvalue weighted by Gasteiger charge is -2.35. The number of halogens is 1. The molecule has 1 aliphatic heterocycles. The van der Waals surface area contributed by atoms with Crippen molar-refractivity contribution in [3.63, 3.8) is 0 Å². The van der Waals surface area contributed by atoms with E-state index in [1.807, 2.05) is 12.1 Å². The van der Waals surface area contributed by atoms with E-state index in [1.165, 1.54) is 25.7 Å². The summed E-state index contributed by atoms with van der Waals surface area (Å²) in [4.78, 5) is 2.42. The summed E-state index contributed by atoms with van der Waals surface area (Å²) in [5.41, 5.74) is 7.12. The summed E-state index contributed by atoms with van der Waals surface area (Å²) in [5, 5.41) is 0. The van der Waals surface area contributed by atoms with Crippen LogP contribution in [0, 0.1) is 11.7 Å². The van der Waals surface area contributed by atoms with Gasteiger partial charge in [0, 0.05) is 11.6 Å². The van der Waals surface area contributed by atoms with Gasteiger partial charge in [-0.15, -0.1) is 0 Å². The molecule has 0 aliphatic carbocycles. The Bertz CT molecular complexity index is 435. The molecule has 1 aliphatic rings.